The zero-order valence-corrected chi connectivity index (χ0v) is 14.1. The molecule has 0 heterocycles. The fraction of sp³-hybridized carbons (Fsp3) is 0.125. The van der Waals surface area contributed by atoms with Gasteiger partial charge in [-0.05, 0) is 36.4 Å². The Bertz CT molecular complexity index is 959. The number of carbonyl (C=O) groups excluding carboxylic acids is 2. The summed E-state index contributed by atoms with van der Waals surface area (Å²) < 4.78 is 50.7. The molecule has 2 rings (SSSR count). The number of hydrogen-bond donors (Lipinski definition) is 2. The van der Waals surface area contributed by atoms with Crippen molar-refractivity contribution >= 4 is 33.0 Å². The Morgan fingerprint density at radius 3 is 2.20 bits per heavy atom. The maximum atomic E-state index is 13.9. The van der Waals surface area contributed by atoms with E-state index in [4.69, 9.17) is 0 Å². The van der Waals surface area contributed by atoms with E-state index in [9.17, 15) is 26.8 Å². The smallest absolute Gasteiger partial charge is 0.258 e. The summed E-state index contributed by atoms with van der Waals surface area (Å²) in [6.07, 6.45) is 0.933. The van der Waals surface area contributed by atoms with E-state index in [2.05, 4.69) is 10.6 Å². The molecule has 0 fully saturated rings. The summed E-state index contributed by atoms with van der Waals surface area (Å²) in [4.78, 5) is 23.0. The quantitative estimate of drug-likeness (QED) is 0.812. The van der Waals surface area contributed by atoms with Gasteiger partial charge in [-0.1, -0.05) is 0 Å². The summed E-state index contributed by atoms with van der Waals surface area (Å²) in [6, 6.07) is 6.21. The van der Waals surface area contributed by atoms with Gasteiger partial charge in [0.15, 0.2) is 9.84 Å². The summed E-state index contributed by atoms with van der Waals surface area (Å²) in [5, 5.41) is 4.52. The lowest BCUT2D eigenvalue weighted by Gasteiger charge is -2.10. The molecule has 2 aromatic rings. The Balaban J connectivity index is 2.36. The van der Waals surface area contributed by atoms with Crippen LogP contribution in [-0.4, -0.2) is 26.5 Å². The molecule has 0 radical (unpaired) electrons. The lowest BCUT2D eigenvalue weighted by atomic mass is 10.1. The molecule has 0 aliphatic carbocycles. The van der Waals surface area contributed by atoms with Gasteiger partial charge < -0.3 is 10.6 Å². The van der Waals surface area contributed by atoms with Gasteiger partial charge in [-0.15, -0.1) is 0 Å². The van der Waals surface area contributed by atoms with Crippen molar-refractivity contribution < 1.29 is 26.8 Å². The highest BCUT2D eigenvalue weighted by Gasteiger charge is 2.17. The Morgan fingerprint density at radius 2 is 1.60 bits per heavy atom. The minimum atomic E-state index is -3.61. The van der Waals surface area contributed by atoms with Gasteiger partial charge in [-0.3, -0.25) is 9.59 Å². The summed E-state index contributed by atoms with van der Waals surface area (Å²) in [6.45, 7) is 1.25. The first-order valence-corrected chi connectivity index (χ1v) is 8.85. The van der Waals surface area contributed by atoms with E-state index in [1.807, 2.05) is 0 Å². The van der Waals surface area contributed by atoms with Crippen LogP contribution in [0, 0.1) is 11.6 Å². The van der Waals surface area contributed by atoms with Crippen LogP contribution in [0.2, 0.25) is 0 Å². The fourth-order valence-electron chi connectivity index (χ4n) is 2.00. The van der Waals surface area contributed by atoms with Crippen LogP contribution in [0.3, 0.4) is 0 Å². The Labute approximate surface area is 142 Å². The number of benzene rings is 2. The van der Waals surface area contributed by atoms with E-state index in [1.165, 1.54) is 13.0 Å². The lowest BCUT2D eigenvalue weighted by Crippen LogP contribution is -2.16. The van der Waals surface area contributed by atoms with Crippen LogP contribution in [0.15, 0.2) is 41.3 Å². The van der Waals surface area contributed by atoms with Crippen LogP contribution in [0.5, 0.6) is 0 Å². The molecule has 9 heteroatoms. The van der Waals surface area contributed by atoms with Gasteiger partial charge in [0.05, 0.1) is 16.1 Å². The molecule has 2 aromatic carbocycles. The molecule has 0 atom stereocenters. The van der Waals surface area contributed by atoms with Crippen molar-refractivity contribution in [1.29, 1.82) is 0 Å². The van der Waals surface area contributed by atoms with Gasteiger partial charge >= 0.3 is 0 Å². The molecule has 0 aliphatic rings. The highest BCUT2D eigenvalue weighted by Crippen LogP contribution is 2.22. The molecule has 6 nitrogen and oxygen atoms in total. The zero-order chi connectivity index (χ0) is 18.8. The molecule has 2 amide bonds. The average molecular weight is 368 g/mol. The number of sulfone groups is 1. The minimum Gasteiger partial charge on any atom is -0.326 e. The first-order valence-electron chi connectivity index (χ1n) is 6.96. The molecule has 2 N–H and O–H groups in total. The second kappa shape index (κ2) is 6.98. The maximum Gasteiger partial charge on any atom is 0.258 e. The summed E-state index contributed by atoms with van der Waals surface area (Å²) in [7, 11) is -3.61. The molecule has 0 aromatic heterocycles. The predicted octanol–water partition coefficient (Wildman–Crippen LogP) is 2.58. The molecule has 132 valence electrons. The molecule has 0 bridgehead atoms. The first-order chi connectivity index (χ1) is 11.6. The van der Waals surface area contributed by atoms with Gasteiger partial charge in [0.2, 0.25) is 5.91 Å². The normalized spacial score (nSPS) is 11.0. The van der Waals surface area contributed by atoms with E-state index in [0.29, 0.717) is 0 Å². The highest BCUT2D eigenvalue weighted by atomic mass is 32.2. The van der Waals surface area contributed by atoms with Crippen LogP contribution >= 0.6 is 0 Å². The summed E-state index contributed by atoms with van der Waals surface area (Å²) in [5.74, 6) is -3.16. The van der Waals surface area contributed by atoms with Crippen molar-refractivity contribution in [3.63, 3.8) is 0 Å². The first kappa shape index (κ1) is 18.5. The topological polar surface area (TPSA) is 92.3 Å². The predicted molar refractivity (Wildman–Crippen MR) is 88.2 cm³/mol. The fourth-order valence-corrected chi connectivity index (χ4v) is 2.65. The second-order valence-corrected chi connectivity index (χ2v) is 7.26. The van der Waals surface area contributed by atoms with Gasteiger partial charge in [0.25, 0.3) is 5.91 Å². The molecule has 0 unspecified atom stereocenters. The van der Waals surface area contributed by atoms with Gasteiger partial charge in [-0.2, -0.15) is 0 Å². The molecule has 0 spiro atoms. The molecular weight excluding hydrogens is 354 g/mol. The second-order valence-electron chi connectivity index (χ2n) is 5.24. The van der Waals surface area contributed by atoms with Gasteiger partial charge in [0, 0.05) is 18.9 Å². The van der Waals surface area contributed by atoms with Crippen molar-refractivity contribution in [3.8, 4) is 0 Å². The highest BCUT2D eigenvalue weighted by molar-refractivity contribution is 7.90. The largest absolute Gasteiger partial charge is 0.326 e. The standard InChI is InChI=1S/C16H14F2N2O4S/c1-9(21)19-10-3-5-13(17)12(7-10)16(22)20-15-8-11(25(2,23)24)4-6-14(15)18/h3-8H,1-2H3,(H,19,21)(H,20,22). The van der Waals surface area contributed by atoms with Crippen molar-refractivity contribution in [3.05, 3.63) is 53.6 Å². The van der Waals surface area contributed by atoms with Crippen molar-refractivity contribution in [1.82, 2.24) is 0 Å². The van der Waals surface area contributed by atoms with Crippen molar-refractivity contribution in [2.45, 2.75) is 11.8 Å². The Morgan fingerprint density at radius 1 is 0.960 bits per heavy atom. The zero-order valence-electron chi connectivity index (χ0n) is 13.3. The summed E-state index contributed by atoms with van der Waals surface area (Å²) >= 11 is 0. The Kier molecular flexibility index (Phi) is 5.17. The van der Waals surface area contributed by atoms with E-state index in [-0.39, 0.29) is 10.6 Å². The third-order valence-corrected chi connectivity index (χ3v) is 4.26. The number of anilines is 2. The number of rotatable bonds is 4. The van der Waals surface area contributed by atoms with Crippen LogP contribution in [0.25, 0.3) is 0 Å². The number of carbonyl (C=O) groups is 2. The van der Waals surface area contributed by atoms with Crippen molar-refractivity contribution in [2.75, 3.05) is 16.9 Å². The third kappa shape index (κ3) is 4.60. The average Bonchev–Trinajstić information content (AvgIpc) is 2.49. The van der Waals surface area contributed by atoms with Gasteiger partial charge in [-0.25, -0.2) is 17.2 Å². The number of nitrogens with one attached hydrogen (secondary N) is 2. The molecule has 0 aliphatic heterocycles. The number of amides is 2. The van der Waals surface area contributed by atoms with Crippen LogP contribution < -0.4 is 10.6 Å². The molecule has 0 saturated heterocycles. The number of hydrogen-bond acceptors (Lipinski definition) is 4. The monoisotopic (exact) mass is 368 g/mol. The Hall–Kier alpha value is -2.81. The van der Waals surface area contributed by atoms with E-state index >= 15 is 0 Å². The maximum absolute atomic E-state index is 13.9. The van der Waals surface area contributed by atoms with E-state index in [0.717, 1.165) is 36.6 Å². The van der Waals surface area contributed by atoms with Crippen LogP contribution in [0.1, 0.15) is 17.3 Å². The van der Waals surface area contributed by atoms with Crippen LogP contribution in [0.4, 0.5) is 20.2 Å². The summed E-state index contributed by atoms with van der Waals surface area (Å²) in [5.41, 5.74) is -0.655. The molecule has 0 saturated carbocycles. The van der Waals surface area contributed by atoms with Crippen LogP contribution in [-0.2, 0) is 14.6 Å². The van der Waals surface area contributed by atoms with Crippen molar-refractivity contribution in [2.24, 2.45) is 0 Å². The van der Waals surface area contributed by atoms with E-state index < -0.39 is 44.5 Å². The molecule has 25 heavy (non-hydrogen) atoms. The van der Waals surface area contributed by atoms with Gasteiger partial charge in [0.1, 0.15) is 11.6 Å². The van der Waals surface area contributed by atoms with E-state index in [1.54, 1.807) is 0 Å². The minimum absolute atomic E-state index is 0.185. The SMILES string of the molecule is CC(=O)Nc1ccc(F)c(C(=O)Nc2cc(S(C)(=O)=O)ccc2F)c1. The molecular formula is C16H14F2N2O4S. The lowest BCUT2D eigenvalue weighted by molar-refractivity contribution is -0.114. The number of halogens is 2. The third-order valence-electron chi connectivity index (χ3n) is 3.15.